The number of nitrogens with one attached hydrogen (secondary N) is 1. The summed E-state index contributed by atoms with van der Waals surface area (Å²) in [6.45, 7) is 4.40. The molecule has 0 aliphatic rings. The predicted octanol–water partition coefficient (Wildman–Crippen LogP) is 3.71. The molecule has 1 heteroatoms. The molecule has 0 saturated heterocycles. The Morgan fingerprint density at radius 1 is 1.12 bits per heavy atom. The summed E-state index contributed by atoms with van der Waals surface area (Å²) in [4.78, 5) is 0. The molecule has 1 nitrogen and oxygen atoms in total. The summed E-state index contributed by atoms with van der Waals surface area (Å²) >= 11 is 0. The Kier molecular flexibility index (Phi) is 6.17. The zero-order valence-electron chi connectivity index (χ0n) is 10.9. The first-order valence-electron chi connectivity index (χ1n) is 6.49. The monoisotopic (exact) mass is 219 g/mol. The fourth-order valence-corrected chi connectivity index (χ4v) is 2.09. The Balaban J connectivity index is 2.26. The molecule has 1 aromatic rings. The molecule has 0 bridgehead atoms. The summed E-state index contributed by atoms with van der Waals surface area (Å²) in [5, 5.41) is 3.40. The van der Waals surface area contributed by atoms with Gasteiger partial charge in [-0.1, -0.05) is 43.2 Å². The van der Waals surface area contributed by atoms with Gasteiger partial charge in [0.2, 0.25) is 0 Å². The first-order chi connectivity index (χ1) is 7.76. The molecular weight excluding hydrogens is 194 g/mol. The third-order valence-electron chi connectivity index (χ3n) is 3.18. The van der Waals surface area contributed by atoms with E-state index < -0.39 is 0 Å². The third kappa shape index (κ3) is 4.80. The lowest BCUT2D eigenvalue weighted by molar-refractivity contribution is 0.470. The number of hydrogen-bond acceptors (Lipinski definition) is 1. The maximum Gasteiger partial charge on any atom is 0.00640 e. The zero-order chi connectivity index (χ0) is 11.8. The van der Waals surface area contributed by atoms with E-state index in [0.717, 1.165) is 0 Å². The minimum Gasteiger partial charge on any atom is -0.317 e. The molecule has 90 valence electrons. The van der Waals surface area contributed by atoms with Crippen LogP contribution in [0.15, 0.2) is 24.3 Å². The lowest BCUT2D eigenvalue weighted by Gasteiger charge is -2.14. The van der Waals surface area contributed by atoms with Crippen LogP contribution in [0.5, 0.6) is 0 Å². The highest BCUT2D eigenvalue weighted by Crippen LogP contribution is 2.10. The van der Waals surface area contributed by atoms with Crippen molar-refractivity contribution in [1.82, 2.24) is 5.32 Å². The van der Waals surface area contributed by atoms with Crippen molar-refractivity contribution in [2.75, 3.05) is 7.05 Å². The number of aryl methyl sites for hydroxylation is 2. The van der Waals surface area contributed by atoms with Gasteiger partial charge in [-0.3, -0.25) is 0 Å². The molecule has 1 atom stereocenters. The Labute approximate surface area is 100 Å². The molecule has 1 rings (SSSR count). The van der Waals surface area contributed by atoms with Gasteiger partial charge in [0, 0.05) is 6.04 Å². The van der Waals surface area contributed by atoms with Crippen LogP contribution in [0.4, 0.5) is 0 Å². The third-order valence-corrected chi connectivity index (χ3v) is 3.18. The van der Waals surface area contributed by atoms with E-state index in [-0.39, 0.29) is 0 Å². The van der Waals surface area contributed by atoms with Gasteiger partial charge in [0.25, 0.3) is 0 Å². The SMILES string of the molecule is CCCC(CCCc1ccc(C)cc1)NC. The maximum absolute atomic E-state index is 3.40. The molecular formula is C15H25N. The molecule has 1 unspecified atom stereocenters. The van der Waals surface area contributed by atoms with Crippen molar-refractivity contribution in [1.29, 1.82) is 0 Å². The van der Waals surface area contributed by atoms with Crippen molar-refractivity contribution in [2.45, 2.75) is 52.0 Å². The highest BCUT2D eigenvalue weighted by molar-refractivity contribution is 5.21. The second-order valence-corrected chi connectivity index (χ2v) is 4.65. The van der Waals surface area contributed by atoms with Gasteiger partial charge in [-0.25, -0.2) is 0 Å². The minimum absolute atomic E-state index is 0.704. The van der Waals surface area contributed by atoms with E-state index >= 15 is 0 Å². The number of hydrogen-bond donors (Lipinski definition) is 1. The van der Waals surface area contributed by atoms with Gasteiger partial charge in [-0.05, 0) is 45.2 Å². The molecule has 1 N–H and O–H groups in total. The van der Waals surface area contributed by atoms with Crippen LogP contribution in [0.2, 0.25) is 0 Å². The summed E-state index contributed by atoms with van der Waals surface area (Å²) in [6.07, 6.45) is 6.36. The molecule has 0 spiro atoms. The maximum atomic E-state index is 3.40. The van der Waals surface area contributed by atoms with Crippen molar-refractivity contribution in [2.24, 2.45) is 0 Å². The Bertz CT molecular complexity index is 276. The quantitative estimate of drug-likeness (QED) is 0.737. The fourth-order valence-electron chi connectivity index (χ4n) is 2.09. The molecule has 1 aromatic carbocycles. The Hall–Kier alpha value is -0.820. The predicted molar refractivity (Wildman–Crippen MR) is 71.9 cm³/mol. The van der Waals surface area contributed by atoms with Crippen LogP contribution in [0.1, 0.15) is 43.7 Å². The molecule has 0 fully saturated rings. The lowest BCUT2D eigenvalue weighted by atomic mass is 10.0. The van der Waals surface area contributed by atoms with Gasteiger partial charge in [0.1, 0.15) is 0 Å². The van der Waals surface area contributed by atoms with Crippen LogP contribution in [-0.2, 0) is 6.42 Å². The highest BCUT2D eigenvalue weighted by Gasteiger charge is 2.03. The van der Waals surface area contributed by atoms with Crippen molar-refractivity contribution in [3.8, 4) is 0 Å². The van der Waals surface area contributed by atoms with E-state index in [9.17, 15) is 0 Å². The molecule has 0 aliphatic carbocycles. The first kappa shape index (κ1) is 13.2. The smallest absolute Gasteiger partial charge is 0.00640 e. The number of rotatable bonds is 7. The van der Waals surface area contributed by atoms with E-state index in [1.165, 1.54) is 43.2 Å². The summed E-state index contributed by atoms with van der Waals surface area (Å²) in [6, 6.07) is 9.62. The lowest BCUT2D eigenvalue weighted by Crippen LogP contribution is -2.24. The van der Waals surface area contributed by atoms with Crippen molar-refractivity contribution in [3.63, 3.8) is 0 Å². The van der Waals surface area contributed by atoms with E-state index in [0.29, 0.717) is 6.04 Å². The molecule has 0 amide bonds. The minimum atomic E-state index is 0.704. The topological polar surface area (TPSA) is 12.0 Å². The van der Waals surface area contributed by atoms with Crippen molar-refractivity contribution in [3.05, 3.63) is 35.4 Å². The molecule has 0 radical (unpaired) electrons. The Morgan fingerprint density at radius 2 is 1.81 bits per heavy atom. The van der Waals surface area contributed by atoms with Crippen LogP contribution in [-0.4, -0.2) is 13.1 Å². The van der Waals surface area contributed by atoms with Gasteiger partial charge in [-0.15, -0.1) is 0 Å². The normalized spacial score (nSPS) is 12.7. The summed E-state index contributed by atoms with van der Waals surface area (Å²) < 4.78 is 0. The largest absolute Gasteiger partial charge is 0.317 e. The molecule has 0 aliphatic heterocycles. The van der Waals surface area contributed by atoms with Crippen LogP contribution in [0, 0.1) is 6.92 Å². The van der Waals surface area contributed by atoms with E-state index in [1.807, 2.05) is 0 Å². The number of benzene rings is 1. The first-order valence-corrected chi connectivity index (χ1v) is 6.49. The van der Waals surface area contributed by atoms with E-state index in [1.54, 1.807) is 0 Å². The van der Waals surface area contributed by atoms with Crippen LogP contribution < -0.4 is 5.32 Å². The average Bonchev–Trinajstić information content (AvgIpc) is 2.30. The second-order valence-electron chi connectivity index (χ2n) is 4.65. The molecule has 0 heterocycles. The van der Waals surface area contributed by atoms with Gasteiger partial charge in [0.15, 0.2) is 0 Å². The van der Waals surface area contributed by atoms with Crippen molar-refractivity contribution >= 4 is 0 Å². The zero-order valence-corrected chi connectivity index (χ0v) is 10.9. The second kappa shape index (κ2) is 7.45. The van der Waals surface area contributed by atoms with Crippen LogP contribution >= 0.6 is 0 Å². The van der Waals surface area contributed by atoms with Gasteiger partial charge in [0.05, 0.1) is 0 Å². The van der Waals surface area contributed by atoms with E-state index in [4.69, 9.17) is 0 Å². The highest BCUT2D eigenvalue weighted by atomic mass is 14.9. The summed E-state index contributed by atoms with van der Waals surface area (Å²) in [5.74, 6) is 0. The molecule has 16 heavy (non-hydrogen) atoms. The summed E-state index contributed by atoms with van der Waals surface area (Å²) in [5.41, 5.74) is 2.82. The van der Waals surface area contributed by atoms with Crippen LogP contribution in [0.3, 0.4) is 0 Å². The fraction of sp³-hybridized carbons (Fsp3) is 0.600. The van der Waals surface area contributed by atoms with Crippen molar-refractivity contribution < 1.29 is 0 Å². The van der Waals surface area contributed by atoms with Gasteiger partial charge >= 0.3 is 0 Å². The molecule has 0 aromatic heterocycles. The van der Waals surface area contributed by atoms with Gasteiger partial charge in [-0.2, -0.15) is 0 Å². The average molecular weight is 219 g/mol. The standard InChI is InChI=1S/C15H25N/c1-4-6-15(16-3)8-5-7-14-11-9-13(2)10-12-14/h9-12,15-16H,4-8H2,1-3H3. The summed E-state index contributed by atoms with van der Waals surface area (Å²) in [7, 11) is 2.08. The Morgan fingerprint density at radius 3 is 2.38 bits per heavy atom. The van der Waals surface area contributed by atoms with Crippen LogP contribution in [0.25, 0.3) is 0 Å². The van der Waals surface area contributed by atoms with Gasteiger partial charge < -0.3 is 5.32 Å². The molecule has 0 saturated carbocycles. The van der Waals surface area contributed by atoms with E-state index in [2.05, 4.69) is 50.5 Å².